The lowest BCUT2D eigenvalue weighted by Gasteiger charge is -2.15. The van der Waals surface area contributed by atoms with E-state index in [0.717, 1.165) is 69.2 Å². The average Bonchev–Trinajstić information content (AvgIpc) is 3.24. The Morgan fingerprint density at radius 2 is 1.04 bits per heavy atom. The summed E-state index contributed by atoms with van der Waals surface area (Å²) >= 11 is 0. The predicted octanol–water partition coefficient (Wildman–Crippen LogP) is 7.05. The highest BCUT2D eigenvalue weighted by atomic mass is 19.4. The Kier molecular flexibility index (Phi) is 16.6. The van der Waals surface area contributed by atoms with Gasteiger partial charge in [-0.25, -0.2) is 13.6 Å². The average molecular weight is 951 g/mol. The first kappa shape index (κ1) is 50.6. The van der Waals surface area contributed by atoms with Crippen LogP contribution in [0.25, 0.3) is 0 Å². The van der Waals surface area contributed by atoms with Crippen molar-refractivity contribution >= 4 is 35.1 Å². The van der Waals surface area contributed by atoms with Gasteiger partial charge >= 0.3 is 18.7 Å². The van der Waals surface area contributed by atoms with Crippen LogP contribution in [0, 0.1) is 11.6 Å². The van der Waals surface area contributed by atoms with Crippen LogP contribution in [-0.4, -0.2) is 75.7 Å². The quantitative estimate of drug-likeness (QED) is 0.0725. The van der Waals surface area contributed by atoms with Gasteiger partial charge in [-0.3, -0.25) is 34.3 Å². The number of amides is 3. The van der Waals surface area contributed by atoms with Gasteiger partial charge in [0.2, 0.25) is 0 Å². The van der Waals surface area contributed by atoms with Gasteiger partial charge in [0.25, 0.3) is 17.7 Å². The number of hydrogen-bond donors (Lipinski definition) is 5. The van der Waals surface area contributed by atoms with Gasteiger partial charge in [0.15, 0.2) is 46.1 Å². The van der Waals surface area contributed by atoms with E-state index >= 15 is 0 Å². The van der Waals surface area contributed by atoms with Gasteiger partial charge in [0.05, 0.1) is 39.0 Å². The number of hydrogen-bond acceptors (Lipinski definition) is 15. The predicted molar refractivity (Wildman–Crippen MR) is 213 cm³/mol. The molecule has 0 saturated carbocycles. The molecule has 2 aromatic carbocycles. The smallest absolute Gasteiger partial charge is 0.493 e. The monoisotopic (exact) mass is 950 g/mol. The van der Waals surface area contributed by atoms with Crippen molar-refractivity contribution in [2.75, 3.05) is 25.3 Å². The summed E-state index contributed by atoms with van der Waals surface area (Å²) in [6.07, 6.45) is -3.73. The summed E-state index contributed by atoms with van der Waals surface area (Å²) in [6.45, 7) is 0. The maximum Gasteiger partial charge on any atom is 0.573 e. The minimum Gasteiger partial charge on any atom is -0.493 e. The molecule has 0 fully saturated rings. The van der Waals surface area contributed by atoms with E-state index in [4.69, 9.17) is 41.3 Å². The summed E-state index contributed by atoms with van der Waals surface area (Å²) in [6, 6.07) is 11.3. The number of aromatic nitrogens is 4. The molecule has 8 N–H and O–H groups in total. The molecule has 0 saturated heterocycles. The molecular weight excluding hydrogens is 920 g/mol. The molecule has 6 aromatic rings. The molecule has 0 aliphatic heterocycles. The molecule has 0 radical (unpaired) electrons. The van der Waals surface area contributed by atoms with Gasteiger partial charge in [-0.05, 0) is 48.5 Å². The van der Waals surface area contributed by atoms with Crippen molar-refractivity contribution in [3.8, 4) is 46.0 Å². The highest BCUT2D eigenvalue weighted by Crippen LogP contribution is 2.39. The Balaban J connectivity index is 0.000000250. The Bertz CT molecular complexity index is 2760. The number of pyridine rings is 4. The SMILES string of the molecule is COc1cc(OC(F)(F)F)ccc1Oc1cncc(F)c1C(=O)Nc1ccnc(C(N)=O)c1.COc1cc(OC(F)(F)F)ccc1Oc1cncc(F)c1C(=O)O.NC(=O)c1cc(N)ccn1. The maximum absolute atomic E-state index is 14.5. The molecule has 0 spiro atoms. The first-order valence-electron chi connectivity index (χ1n) is 17.8. The molecule has 4 aromatic heterocycles. The van der Waals surface area contributed by atoms with Crippen molar-refractivity contribution in [3.05, 3.63) is 132 Å². The fourth-order valence-corrected chi connectivity index (χ4v) is 4.93. The Morgan fingerprint density at radius 3 is 1.46 bits per heavy atom. The topological polar surface area (TPSA) is 286 Å². The standard InChI is InChI=1S/C20H14F4N4O5.C14H9F4NO5.C6H7N3O/c1-31-15-7-11(33-20(22,23)24)2-3-14(15)32-16-9-26-8-12(21)17(16)19(30)28-10-4-5-27-13(6-10)18(25)29;1-22-10-4-7(24-14(16,17)18)2-3-9(10)23-11-6-19-5-8(15)12(11)13(20)21;7-4-1-2-9-5(3-4)6(8)10/h2-9H,1H3,(H2,25,29)(H,27,28,30);2-6H,1H3,(H,20,21);1-3H,(H2,7,9)(H2,8,10). The number of nitrogens with one attached hydrogen (secondary N) is 1. The summed E-state index contributed by atoms with van der Waals surface area (Å²) < 4.78 is 130. The summed E-state index contributed by atoms with van der Waals surface area (Å²) in [7, 11) is 2.32. The van der Waals surface area contributed by atoms with Crippen LogP contribution in [0.5, 0.6) is 46.0 Å². The lowest BCUT2D eigenvalue weighted by Crippen LogP contribution is -2.17. The minimum absolute atomic E-state index is 0.0946. The molecule has 27 heteroatoms. The number of alkyl halides is 6. The molecule has 0 bridgehead atoms. The van der Waals surface area contributed by atoms with Gasteiger partial charge in [0.1, 0.15) is 34.0 Å². The van der Waals surface area contributed by atoms with Crippen molar-refractivity contribution in [1.82, 2.24) is 19.9 Å². The normalized spacial score (nSPS) is 10.7. The van der Waals surface area contributed by atoms with Crippen LogP contribution in [0.2, 0.25) is 0 Å². The number of methoxy groups -OCH3 is 2. The van der Waals surface area contributed by atoms with Gasteiger partial charge in [0, 0.05) is 35.9 Å². The van der Waals surface area contributed by atoms with Crippen molar-refractivity contribution in [2.24, 2.45) is 11.5 Å². The Hall–Kier alpha value is -9.04. The zero-order chi connectivity index (χ0) is 49.6. The second kappa shape index (κ2) is 22.0. The first-order valence-corrected chi connectivity index (χ1v) is 17.8. The number of carboxylic acid groups (broad SMARTS) is 1. The third-order valence-corrected chi connectivity index (χ3v) is 7.65. The Labute approximate surface area is 370 Å². The number of nitrogens with two attached hydrogens (primary N) is 3. The number of rotatable bonds is 13. The van der Waals surface area contributed by atoms with Crippen LogP contribution < -0.4 is 50.9 Å². The molecule has 0 aliphatic rings. The van der Waals surface area contributed by atoms with Crippen molar-refractivity contribution in [1.29, 1.82) is 0 Å². The Morgan fingerprint density at radius 1 is 0.597 bits per heavy atom. The van der Waals surface area contributed by atoms with Crippen molar-refractivity contribution in [2.45, 2.75) is 12.7 Å². The summed E-state index contributed by atoms with van der Waals surface area (Å²) in [5, 5.41) is 11.4. The minimum atomic E-state index is -4.92. The second-order valence-corrected chi connectivity index (χ2v) is 12.3. The number of nitrogens with zero attached hydrogens (tertiary/aromatic N) is 4. The van der Waals surface area contributed by atoms with E-state index in [1.807, 2.05) is 0 Å². The van der Waals surface area contributed by atoms with Crippen LogP contribution in [0.1, 0.15) is 41.7 Å². The second-order valence-electron chi connectivity index (χ2n) is 12.3. The molecule has 0 unspecified atom stereocenters. The van der Waals surface area contributed by atoms with E-state index in [0.29, 0.717) is 11.9 Å². The fraction of sp³-hybridized carbons (Fsp3) is 0.100. The van der Waals surface area contributed by atoms with Gasteiger partial charge < -0.3 is 56.0 Å². The molecular formula is C40H30F8N8O11. The largest absolute Gasteiger partial charge is 0.573 e. The van der Waals surface area contributed by atoms with Crippen LogP contribution in [0.3, 0.4) is 0 Å². The zero-order valence-electron chi connectivity index (χ0n) is 33.8. The highest BCUT2D eigenvalue weighted by molar-refractivity contribution is 6.06. The van der Waals surface area contributed by atoms with Crippen LogP contribution in [0.4, 0.5) is 46.5 Å². The zero-order valence-corrected chi connectivity index (χ0v) is 33.8. The number of carboxylic acids is 1. The molecule has 67 heavy (non-hydrogen) atoms. The van der Waals surface area contributed by atoms with Gasteiger partial charge in [-0.2, -0.15) is 0 Å². The molecule has 6 rings (SSSR count). The van der Waals surface area contributed by atoms with Crippen LogP contribution in [-0.2, 0) is 0 Å². The number of benzene rings is 2. The summed E-state index contributed by atoms with van der Waals surface area (Å²) in [5.41, 5.74) is 14.7. The number of anilines is 2. The van der Waals surface area contributed by atoms with E-state index < -0.39 is 76.4 Å². The van der Waals surface area contributed by atoms with Crippen molar-refractivity contribution < 1.29 is 87.8 Å². The number of ether oxygens (including phenoxy) is 6. The van der Waals surface area contributed by atoms with E-state index in [1.54, 1.807) is 6.07 Å². The summed E-state index contributed by atoms with van der Waals surface area (Å²) in [5.74, 6) is -8.76. The fourth-order valence-electron chi connectivity index (χ4n) is 4.93. The molecule has 352 valence electrons. The molecule has 19 nitrogen and oxygen atoms in total. The van der Waals surface area contributed by atoms with Crippen LogP contribution >= 0.6 is 0 Å². The van der Waals surface area contributed by atoms with E-state index in [2.05, 4.69) is 34.7 Å². The van der Waals surface area contributed by atoms with E-state index in [9.17, 15) is 54.3 Å². The summed E-state index contributed by atoms with van der Waals surface area (Å²) in [4.78, 5) is 60.0. The lowest BCUT2D eigenvalue weighted by molar-refractivity contribution is -0.275. The number of carbonyl (C=O) groups excluding carboxylic acids is 3. The lowest BCUT2D eigenvalue weighted by atomic mass is 10.2. The van der Waals surface area contributed by atoms with E-state index in [1.165, 1.54) is 30.6 Å². The molecule has 0 atom stereocenters. The van der Waals surface area contributed by atoms with Gasteiger partial charge in [-0.1, -0.05) is 0 Å². The number of primary amides is 2. The van der Waals surface area contributed by atoms with Crippen molar-refractivity contribution in [3.63, 3.8) is 0 Å². The van der Waals surface area contributed by atoms with E-state index in [-0.39, 0.29) is 45.8 Å². The number of nitrogen functional groups attached to an aromatic ring is 1. The highest BCUT2D eigenvalue weighted by Gasteiger charge is 2.33. The van der Waals surface area contributed by atoms with Crippen LogP contribution in [0.15, 0.2) is 97.8 Å². The molecule has 0 aliphatic carbocycles. The molecule has 3 amide bonds. The van der Waals surface area contributed by atoms with Gasteiger partial charge in [-0.15, -0.1) is 26.3 Å². The third kappa shape index (κ3) is 15.0. The number of carbonyl (C=O) groups is 4. The first-order chi connectivity index (χ1) is 31.5. The number of halogens is 8. The molecule has 4 heterocycles. The maximum atomic E-state index is 14.5. The third-order valence-electron chi connectivity index (χ3n) is 7.65. The number of aromatic carboxylic acids is 1.